The fourth-order valence-electron chi connectivity index (χ4n) is 2.36. The minimum absolute atomic E-state index is 0.192. The quantitative estimate of drug-likeness (QED) is 0.911. The van der Waals surface area contributed by atoms with E-state index in [-0.39, 0.29) is 12.1 Å². The minimum Gasteiger partial charge on any atom is -0.329 e. The van der Waals surface area contributed by atoms with Crippen LogP contribution in [0.2, 0.25) is 5.02 Å². The van der Waals surface area contributed by atoms with Crippen LogP contribution in [0.5, 0.6) is 0 Å². The fourth-order valence-corrected chi connectivity index (χ4v) is 2.57. The average Bonchev–Trinajstić information content (AvgIpc) is 2.44. The van der Waals surface area contributed by atoms with Gasteiger partial charge in [0.2, 0.25) is 0 Å². The second kappa shape index (κ2) is 6.98. The lowest BCUT2D eigenvalue weighted by molar-refractivity contribution is 0.235. The van der Waals surface area contributed by atoms with Crippen LogP contribution < -0.4 is 5.73 Å². The van der Waals surface area contributed by atoms with Crippen molar-refractivity contribution in [3.8, 4) is 0 Å². The maximum atomic E-state index is 13.9. The first-order valence-electron chi connectivity index (χ1n) is 6.61. The summed E-state index contributed by atoms with van der Waals surface area (Å²) in [6, 6.07) is 11.2. The normalized spacial score (nSPS) is 12.7. The van der Waals surface area contributed by atoms with E-state index >= 15 is 0 Å². The number of hydrogen-bond acceptors (Lipinski definition) is 2. The zero-order valence-corrected chi connectivity index (χ0v) is 12.4. The van der Waals surface area contributed by atoms with Gasteiger partial charge in [0.25, 0.3) is 0 Å². The predicted octanol–water partition coefficient (Wildman–Crippen LogP) is 3.75. The van der Waals surface area contributed by atoms with Gasteiger partial charge < -0.3 is 5.73 Å². The number of likely N-dealkylation sites (N-methyl/N-ethyl adjacent to an activating group) is 1. The van der Waals surface area contributed by atoms with Crippen LogP contribution in [0.15, 0.2) is 42.5 Å². The number of nitrogens with two attached hydrogens (primary N) is 1. The van der Waals surface area contributed by atoms with Gasteiger partial charge in [-0.1, -0.05) is 35.9 Å². The Morgan fingerprint density at radius 1 is 1.19 bits per heavy atom. The molecule has 0 spiro atoms. The standard InChI is InChI=1S/C16H17ClF2N2/c1-21(10-11-4-2-5-12(17)8-11)15(9-20)13-6-3-7-14(18)16(13)19/h2-8,15H,9-10,20H2,1H3. The molecule has 2 rings (SSSR count). The molecule has 112 valence electrons. The van der Waals surface area contributed by atoms with Crippen molar-refractivity contribution in [3.63, 3.8) is 0 Å². The van der Waals surface area contributed by atoms with Crippen LogP contribution in [-0.4, -0.2) is 18.5 Å². The number of halogens is 3. The molecule has 0 amide bonds. The van der Waals surface area contributed by atoms with Crippen LogP contribution in [-0.2, 0) is 6.54 Å². The van der Waals surface area contributed by atoms with Gasteiger partial charge in [-0.15, -0.1) is 0 Å². The Morgan fingerprint density at radius 3 is 2.57 bits per heavy atom. The molecule has 0 radical (unpaired) electrons. The highest BCUT2D eigenvalue weighted by Crippen LogP contribution is 2.25. The van der Waals surface area contributed by atoms with Crippen molar-refractivity contribution < 1.29 is 8.78 Å². The van der Waals surface area contributed by atoms with E-state index in [0.717, 1.165) is 11.6 Å². The van der Waals surface area contributed by atoms with Gasteiger partial charge in [0.05, 0.1) is 6.04 Å². The molecule has 0 heterocycles. The Kier molecular flexibility index (Phi) is 5.28. The van der Waals surface area contributed by atoms with Crippen molar-refractivity contribution in [1.29, 1.82) is 0 Å². The van der Waals surface area contributed by atoms with Crippen LogP contribution in [0.3, 0.4) is 0 Å². The molecule has 0 aliphatic rings. The SMILES string of the molecule is CN(Cc1cccc(Cl)c1)C(CN)c1cccc(F)c1F. The van der Waals surface area contributed by atoms with Crippen molar-refractivity contribution in [2.45, 2.75) is 12.6 Å². The smallest absolute Gasteiger partial charge is 0.163 e. The van der Waals surface area contributed by atoms with Crippen molar-refractivity contribution in [3.05, 3.63) is 70.2 Å². The summed E-state index contributed by atoms with van der Waals surface area (Å²) in [6.07, 6.45) is 0. The lowest BCUT2D eigenvalue weighted by Gasteiger charge is -2.27. The summed E-state index contributed by atoms with van der Waals surface area (Å²) >= 11 is 5.95. The van der Waals surface area contributed by atoms with E-state index in [1.807, 2.05) is 30.1 Å². The van der Waals surface area contributed by atoms with E-state index in [9.17, 15) is 8.78 Å². The lowest BCUT2D eigenvalue weighted by atomic mass is 10.0. The Bertz CT molecular complexity index is 619. The first-order chi connectivity index (χ1) is 10.0. The van der Waals surface area contributed by atoms with Crippen LogP contribution in [0.1, 0.15) is 17.2 Å². The summed E-state index contributed by atoms with van der Waals surface area (Å²) < 4.78 is 27.3. The molecule has 5 heteroatoms. The minimum atomic E-state index is -0.859. The highest BCUT2D eigenvalue weighted by Gasteiger charge is 2.21. The third-order valence-electron chi connectivity index (χ3n) is 3.42. The average molecular weight is 311 g/mol. The van der Waals surface area contributed by atoms with Gasteiger partial charge in [-0.05, 0) is 30.8 Å². The molecule has 1 unspecified atom stereocenters. The van der Waals surface area contributed by atoms with Crippen LogP contribution in [0.25, 0.3) is 0 Å². The summed E-state index contributed by atoms with van der Waals surface area (Å²) in [5.74, 6) is -1.70. The summed E-state index contributed by atoms with van der Waals surface area (Å²) in [7, 11) is 1.82. The predicted molar refractivity (Wildman–Crippen MR) is 81.1 cm³/mol. The fraction of sp³-hybridized carbons (Fsp3) is 0.250. The van der Waals surface area contributed by atoms with Gasteiger partial charge in [-0.3, -0.25) is 4.90 Å². The summed E-state index contributed by atoms with van der Waals surface area (Å²) in [4.78, 5) is 1.88. The van der Waals surface area contributed by atoms with E-state index in [1.54, 1.807) is 12.1 Å². The maximum absolute atomic E-state index is 13.9. The van der Waals surface area contributed by atoms with Crippen molar-refractivity contribution in [1.82, 2.24) is 4.90 Å². The van der Waals surface area contributed by atoms with Crippen molar-refractivity contribution in [2.75, 3.05) is 13.6 Å². The van der Waals surface area contributed by atoms with E-state index < -0.39 is 17.7 Å². The topological polar surface area (TPSA) is 29.3 Å². The third kappa shape index (κ3) is 3.79. The first-order valence-corrected chi connectivity index (χ1v) is 6.99. The van der Waals surface area contributed by atoms with Crippen molar-refractivity contribution in [2.24, 2.45) is 5.73 Å². The van der Waals surface area contributed by atoms with E-state index in [4.69, 9.17) is 17.3 Å². The first kappa shape index (κ1) is 15.9. The molecule has 21 heavy (non-hydrogen) atoms. The molecule has 0 bridgehead atoms. The van der Waals surface area contributed by atoms with Crippen LogP contribution in [0, 0.1) is 11.6 Å². The number of rotatable bonds is 5. The largest absolute Gasteiger partial charge is 0.329 e. The number of benzene rings is 2. The zero-order chi connectivity index (χ0) is 15.4. The lowest BCUT2D eigenvalue weighted by Crippen LogP contribution is -2.31. The van der Waals surface area contributed by atoms with E-state index in [2.05, 4.69) is 0 Å². The highest BCUT2D eigenvalue weighted by molar-refractivity contribution is 6.30. The zero-order valence-electron chi connectivity index (χ0n) is 11.7. The Hall–Kier alpha value is -1.49. The molecule has 0 saturated heterocycles. The Morgan fingerprint density at radius 2 is 1.90 bits per heavy atom. The molecule has 2 aromatic carbocycles. The second-order valence-corrected chi connectivity index (χ2v) is 5.38. The van der Waals surface area contributed by atoms with E-state index in [1.165, 1.54) is 6.07 Å². The Labute approximate surface area is 128 Å². The molecule has 0 aromatic heterocycles. The summed E-state index contributed by atoms with van der Waals surface area (Å²) in [5.41, 5.74) is 7.00. The van der Waals surface area contributed by atoms with Crippen LogP contribution in [0.4, 0.5) is 8.78 Å². The molecule has 0 aliphatic carbocycles. The number of hydrogen-bond donors (Lipinski definition) is 1. The molecule has 0 saturated carbocycles. The molecule has 2 aromatic rings. The summed E-state index contributed by atoms with van der Waals surface area (Å²) in [5, 5.41) is 0.641. The van der Waals surface area contributed by atoms with Crippen LogP contribution >= 0.6 is 11.6 Å². The highest BCUT2D eigenvalue weighted by atomic mass is 35.5. The third-order valence-corrected chi connectivity index (χ3v) is 3.65. The van der Waals surface area contributed by atoms with Gasteiger partial charge in [0.15, 0.2) is 11.6 Å². The maximum Gasteiger partial charge on any atom is 0.163 e. The molecule has 1 atom stereocenters. The Balaban J connectivity index is 2.22. The van der Waals surface area contributed by atoms with Gasteiger partial charge in [0.1, 0.15) is 0 Å². The monoisotopic (exact) mass is 310 g/mol. The second-order valence-electron chi connectivity index (χ2n) is 4.94. The van der Waals surface area contributed by atoms with Gasteiger partial charge in [-0.2, -0.15) is 0 Å². The molecule has 2 nitrogen and oxygen atoms in total. The van der Waals surface area contributed by atoms with Gasteiger partial charge in [0, 0.05) is 23.7 Å². The van der Waals surface area contributed by atoms with E-state index in [0.29, 0.717) is 11.6 Å². The van der Waals surface area contributed by atoms with Crippen molar-refractivity contribution >= 4 is 11.6 Å². The number of nitrogens with zero attached hydrogens (tertiary/aromatic N) is 1. The molecule has 0 fully saturated rings. The van der Waals surface area contributed by atoms with Gasteiger partial charge in [-0.25, -0.2) is 8.78 Å². The molecule has 0 aliphatic heterocycles. The summed E-state index contributed by atoms with van der Waals surface area (Å²) in [6.45, 7) is 0.732. The molecular weight excluding hydrogens is 294 g/mol. The van der Waals surface area contributed by atoms with Gasteiger partial charge >= 0.3 is 0 Å². The molecular formula is C16H17ClF2N2. The molecule has 2 N–H and O–H groups in total.